The van der Waals surface area contributed by atoms with Gasteiger partial charge in [0.25, 0.3) is 0 Å². The van der Waals surface area contributed by atoms with Gasteiger partial charge >= 0.3 is 0 Å². The summed E-state index contributed by atoms with van der Waals surface area (Å²) in [6.07, 6.45) is 0. The molecular formula is C17H20N2. The van der Waals surface area contributed by atoms with E-state index in [0.29, 0.717) is 0 Å². The SMILES string of the molecule is Cc1cc(N=Nc2ccccc2)cc(C(C)(C)C)c1. The quantitative estimate of drug-likeness (QED) is 0.612. The first kappa shape index (κ1) is 13.5. The summed E-state index contributed by atoms with van der Waals surface area (Å²) < 4.78 is 0. The van der Waals surface area contributed by atoms with E-state index in [1.807, 2.05) is 30.3 Å². The lowest BCUT2D eigenvalue weighted by molar-refractivity contribution is 0.590. The zero-order valence-corrected chi connectivity index (χ0v) is 12.0. The highest BCUT2D eigenvalue weighted by atomic mass is 15.1. The zero-order valence-electron chi connectivity index (χ0n) is 12.0. The van der Waals surface area contributed by atoms with E-state index in [9.17, 15) is 0 Å². The zero-order chi connectivity index (χ0) is 13.9. The van der Waals surface area contributed by atoms with Crippen LogP contribution in [-0.4, -0.2) is 0 Å². The summed E-state index contributed by atoms with van der Waals surface area (Å²) in [6, 6.07) is 16.2. The van der Waals surface area contributed by atoms with Crippen molar-refractivity contribution in [3.63, 3.8) is 0 Å². The molecule has 0 fully saturated rings. The second-order valence-corrected chi connectivity index (χ2v) is 5.84. The van der Waals surface area contributed by atoms with Crippen molar-refractivity contribution >= 4 is 11.4 Å². The number of aryl methyl sites for hydroxylation is 1. The predicted molar refractivity (Wildman–Crippen MR) is 80.5 cm³/mol. The highest BCUT2D eigenvalue weighted by Crippen LogP contribution is 2.28. The largest absolute Gasteiger partial charge is 0.151 e. The fraction of sp³-hybridized carbons (Fsp3) is 0.294. The second kappa shape index (κ2) is 5.35. The van der Waals surface area contributed by atoms with Crippen molar-refractivity contribution in [3.8, 4) is 0 Å². The number of hydrogen-bond acceptors (Lipinski definition) is 2. The van der Waals surface area contributed by atoms with Gasteiger partial charge in [0.15, 0.2) is 0 Å². The molecule has 0 amide bonds. The fourth-order valence-electron chi connectivity index (χ4n) is 1.86. The van der Waals surface area contributed by atoms with Gasteiger partial charge < -0.3 is 0 Å². The van der Waals surface area contributed by atoms with Gasteiger partial charge in [-0.05, 0) is 47.7 Å². The molecule has 0 aromatic heterocycles. The van der Waals surface area contributed by atoms with Crippen molar-refractivity contribution in [1.29, 1.82) is 0 Å². The topological polar surface area (TPSA) is 24.7 Å². The van der Waals surface area contributed by atoms with Crippen molar-refractivity contribution in [2.24, 2.45) is 10.2 Å². The Morgan fingerprint density at radius 1 is 0.789 bits per heavy atom. The summed E-state index contributed by atoms with van der Waals surface area (Å²) in [5, 5.41) is 8.60. The van der Waals surface area contributed by atoms with Crippen LogP contribution in [0.4, 0.5) is 11.4 Å². The third kappa shape index (κ3) is 3.75. The average Bonchev–Trinajstić information content (AvgIpc) is 2.36. The highest BCUT2D eigenvalue weighted by molar-refractivity contribution is 5.46. The van der Waals surface area contributed by atoms with Crippen molar-refractivity contribution in [2.45, 2.75) is 33.1 Å². The van der Waals surface area contributed by atoms with E-state index in [1.54, 1.807) is 0 Å². The van der Waals surface area contributed by atoms with Gasteiger partial charge in [-0.25, -0.2) is 0 Å². The van der Waals surface area contributed by atoms with Gasteiger partial charge in [-0.3, -0.25) is 0 Å². The van der Waals surface area contributed by atoms with Crippen molar-refractivity contribution < 1.29 is 0 Å². The first-order valence-electron chi connectivity index (χ1n) is 6.54. The number of benzene rings is 2. The first-order valence-corrected chi connectivity index (χ1v) is 6.54. The fourth-order valence-corrected chi connectivity index (χ4v) is 1.86. The maximum atomic E-state index is 4.34. The van der Waals surface area contributed by atoms with Gasteiger partial charge in [0, 0.05) is 0 Å². The van der Waals surface area contributed by atoms with Crippen LogP contribution in [0.25, 0.3) is 0 Å². The summed E-state index contributed by atoms with van der Waals surface area (Å²) in [6.45, 7) is 8.72. The third-order valence-electron chi connectivity index (χ3n) is 2.97. The molecule has 0 heterocycles. The maximum Gasteiger partial charge on any atom is 0.0862 e. The van der Waals surface area contributed by atoms with E-state index in [0.717, 1.165) is 11.4 Å². The summed E-state index contributed by atoms with van der Waals surface area (Å²) in [7, 11) is 0. The summed E-state index contributed by atoms with van der Waals surface area (Å²) in [5.41, 5.74) is 4.42. The van der Waals surface area contributed by atoms with Crippen LogP contribution in [0, 0.1) is 6.92 Å². The van der Waals surface area contributed by atoms with Gasteiger partial charge in [0.1, 0.15) is 0 Å². The minimum Gasteiger partial charge on any atom is -0.151 e. The number of rotatable bonds is 2. The monoisotopic (exact) mass is 252 g/mol. The molecule has 0 N–H and O–H groups in total. The average molecular weight is 252 g/mol. The summed E-state index contributed by atoms with van der Waals surface area (Å²) in [5.74, 6) is 0. The molecule has 0 saturated heterocycles. The van der Waals surface area contributed by atoms with E-state index >= 15 is 0 Å². The Balaban J connectivity index is 2.31. The minimum atomic E-state index is 0.128. The van der Waals surface area contributed by atoms with Crippen molar-refractivity contribution in [1.82, 2.24) is 0 Å². The lowest BCUT2D eigenvalue weighted by Gasteiger charge is -2.19. The molecule has 2 aromatic carbocycles. The first-order chi connectivity index (χ1) is 8.95. The van der Waals surface area contributed by atoms with Crippen LogP contribution in [0.2, 0.25) is 0 Å². The van der Waals surface area contributed by atoms with Crippen molar-refractivity contribution in [3.05, 3.63) is 59.7 Å². The molecule has 2 nitrogen and oxygen atoms in total. The molecule has 0 aliphatic rings. The Hall–Kier alpha value is -1.96. The molecule has 19 heavy (non-hydrogen) atoms. The smallest absolute Gasteiger partial charge is 0.0862 e. The van der Waals surface area contributed by atoms with Crippen LogP contribution in [0.1, 0.15) is 31.9 Å². The molecule has 0 unspecified atom stereocenters. The second-order valence-electron chi connectivity index (χ2n) is 5.84. The van der Waals surface area contributed by atoms with E-state index in [1.165, 1.54) is 11.1 Å². The molecule has 98 valence electrons. The molecular weight excluding hydrogens is 232 g/mol. The van der Waals surface area contributed by atoms with Gasteiger partial charge in [-0.15, -0.1) is 0 Å². The van der Waals surface area contributed by atoms with Gasteiger partial charge in [0.2, 0.25) is 0 Å². The molecule has 2 rings (SSSR count). The van der Waals surface area contributed by atoms with Gasteiger partial charge in [-0.1, -0.05) is 45.0 Å². The molecule has 0 bridgehead atoms. The van der Waals surface area contributed by atoms with Crippen LogP contribution in [0.3, 0.4) is 0 Å². The summed E-state index contributed by atoms with van der Waals surface area (Å²) in [4.78, 5) is 0. The van der Waals surface area contributed by atoms with Crippen LogP contribution >= 0.6 is 0 Å². The van der Waals surface area contributed by atoms with Crippen LogP contribution in [-0.2, 0) is 5.41 Å². The number of azo groups is 1. The molecule has 0 spiro atoms. The van der Waals surface area contributed by atoms with Crippen molar-refractivity contribution in [2.75, 3.05) is 0 Å². The molecule has 0 aliphatic heterocycles. The highest BCUT2D eigenvalue weighted by Gasteiger charge is 2.14. The minimum absolute atomic E-state index is 0.128. The lowest BCUT2D eigenvalue weighted by Crippen LogP contribution is -2.10. The third-order valence-corrected chi connectivity index (χ3v) is 2.97. The van der Waals surface area contributed by atoms with Gasteiger partial charge in [-0.2, -0.15) is 10.2 Å². The standard InChI is InChI=1S/C17H20N2/c1-13-10-14(17(2,3)4)12-16(11-13)19-18-15-8-6-5-7-9-15/h5-12H,1-4H3. The van der Waals surface area contributed by atoms with E-state index < -0.39 is 0 Å². The molecule has 2 aromatic rings. The molecule has 0 atom stereocenters. The lowest BCUT2D eigenvalue weighted by atomic mass is 9.86. The predicted octanol–water partition coefficient (Wildman–Crippen LogP) is 5.71. The normalized spacial score (nSPS) is 12.0. The Morgan fingerprint density at radius 3 is 2.05 bits per heavy atom. The van der Waals surface area contributed by atoms with Crippen LogP contribution in [0.15, 0.2) is 58.8 Å². The van der Waals surface area contributed by atoms with Crippen LogP contribution in [0.5, 0.6) is 0 Å². The molecule has 2 heteroatoms. The van der Waals surface area contributed by atoms with E-state index in [-0.39, 0.29) is 5.41 Å². The Kier molecular flexibility index (Phi) is 3.79. The van der Waals surface area contributed by atoms with Gasteiger partial charge in [0.05, 0.1) is 11.4 Å². The van der Waals surface area contributed by atoms with E-state index in [4.69, 9.17) is 0 Å². The molecule has 0 radical (unpaired) electrons. The Labute approximate surface area is 115 Å². The molecule has 0 aliphatic carbocycles. The molecule has 0 saturated carbocycles. The van der Waals surface area contributed by atoms with Crippen LogP contribution < -0.4 is 0 Å². The Morgan fingerprint density at radius 2 is 1.42 bits per heavy atom. The Bertz CT molecular complexity index is 578. The maximum absolute atomic E-state index is 4.34. The van der Waals surface area contributed by atoms with E-state index in [2.05, 4.69) is 56.1 Å². The number of hydrogen-bond donors (Lipinski definition) is 0. The summed E-state index contributed by atoms with van der Waals surface area (Å²) >= 11 is 0. The number of nitrogens with zero attached hydrogens (tertiary/aromatic N) is 2.